The van der Waals surface area contributed by atoms with Gasteiger partial charge in [0.1, 0.15) is 5.75 Å². The lowest BCUT2D eigenvalue weighted by Crippen LogP contribution is -2.17. The summed E-state index contributed by atoms with van der Waals surface area (Å²) >= 11 is 0. The molecule has 3 nitrogen and oxygen atoms in total. The minimum atomic E-state index is -0.174. The number of phenols is 1. The second kappa shape index (κ2) is 3.78. The maximum atomic E-state index is 9.22. The van der Waals surface area contributed by atoms with Crippen molar-refractivity contribution in [2.45, 2.75) is 32.5 Å². The van der Waals surface area contributed by atoms with Crippen LogP contribution in [-0.4, -0.2) is 11.4 Å². The Morgan fingerprint density at radius 3 is 2.86 bits per heavy atom. The molecule has 0 bridgehead atoms. The van der Waals surface area contributed by atoms with Crippen molar-refractivity contribution in [3.05, 3.63) is 18.2 Å². The maximum absolute atomic E-state index is 9.22. The van der Waals surface area contributed by atoms with Gasteiger partial charge in [0.2, 0.25) is 6.29 Å². The van der Waals surface area contributed by atoms with Gasteiger partial charge in [-0.15, -0.1) is 0 Å². The highest BCUT2D eigenvalue weighted by atomic mass is 16.7. The summed E-state index contributed by atoms with van der Waals surface area (Å²) in [4.78, 5) is 0. The molecule has 2 rings (SSSR count). The highest BCUT2D eigenvalue weighted by Gasteiger charge is 2.23. The average molecular weight is 194 g/mol. The summed E-state index contributed by atoms with van der Waals surface area (Å²) in [5.41, 5.74) is 0. The van der Waals surface area contributed by atoms with Gasteiger partial charge in [0.25, 0.3) is 0 Å². The first kappa shape index (κ1) is 9.19. The van der Waals surface area contributed by atoms with Gasteiger partial charge in [0, 0.05) is 12.5 Å². The number of aromatic hydroxyl groups is 1. The third-order valence-corrected chi connectivity index (χ3v) is 2.24. The smallest absolute Gasteiger partial charge is 0.241 e. The predicted octanol–water partition coefficient (Wildman–Crippen LogP) is 2.68. The van der Waals surface area contributed by atoms with E-state index in [1.54, 1.807) is 18.2 Å². The summed E-state index contributed by atoms with van der Waals surface area (Å²) in [6.45, 7) is 2.13. The van der Waals surface area contributed by atoms with Gasteiger partial charge in [-0.1, -0.05) is 13.3 Å². The number of unbranched alkanes of at least 4 members (excludes halogenated alkanes) is 1. The first-order chi connectivity index (χ1) is 6.79. The number of hydrogen-bond donors (Lipinski definition) is 1. The Balaban J connectivity index is 2.03. The van der Waals surface area contributed by atoms with Gasteiger partial charge in [-0.25, -0.2) is 0 Å². The molecule has 1 atom stereocenters. The minimum Gasteiger partial charge on any atom is -0.508 e. The number of phenolic OH excluding ortho intramolecular Hbond substituents is 1. The highest BCUT2D eigenvalue weighted by Crippen LogP contribution is 2.38. The van der Waals surface area contributed by atoms with E-state index in [-0.39, 0.29) is 12.0 Å². The lowest BCUT2D eigenvalue weighted by atomic mass is 10.2. The first-order valence-corrected chi connectivity index (χ1v) is 4.96. The van der Waals surface area contributed by atoms with Crippen LogP contribution in [0.4, 0.5) is 0 Å². The zero-order valence-electron chi connectivity index (χ0n) is 8.19. The van der Waals surface area contributed by atoms with E-state index < -0.39 is 0 Å². The number of ether oxygens (including phenoxy) is 2. The van der Waals surface area contributed by atoms with E-state index in [1.165, 1.54) is 0 Å². The van der Waals surface area contributed by atoms with Crippen LogP contribution in [0.15, 0.2) is 18.2 Å². The van der Waals surface area contributed by atoms with Gasteiger partial charge >= 0.3 is 0 Å². The molecule has 3 heteroatoms. The van der Waals surface area contributed by atoms with Gasteiger partial charge in [-0.2, -0.15) is 0 Å². The second-order valence-corrected chi connectivity index (χ2v) is 3.44. The number of hydrogen-bond acceptors (Lipinski definition) is 3. The van der Waals surface area contributed by atoms with Crippen LogP contribution < -0.4 is 9.47 Å². The van der Waals surface area contributed by atoms with Crippen LogP contribution in [0.5, 0.6) is 17.2 Å². The molecule has 14 heavy (non-hydrogen) atoms. The standard InChI is InChI=1S/C11H14O3/c1-2-3-4-11-13-9-6-5-8(12)7-10(9)14-11/h5-7,11-12H,2-4H2,1H3. The molecule has 0 aliphatic carbocycles. The van der Waals surface area contributed by atoms with Gasteiger partial charge in [0.05, 0.1) is 0 Å². The molecule has 0 fully saturated rings. The van der Waals surface area contributed by atoms with E-state index >= 15 is 0 Å². The summed E-state index contributed by atoms with van der Waals surface area (Å²) in [5, 5.41) is 9.22. The molecule has 0 spiro atoms. The molecular weight excluding hydrogens is 180 g/mol. The lowest BCUT2D eigenvalue weighted by Gasteiger charge is -2.08. The minimum absolute atomic E-state index is 0.174. The highest BCUT2D eigenvalue weighted by molar-refractivity contribution is 5.46. The third kappa shape index (κ3) is 1.76. The van der Waals surface area contributed by atoms with Gasteiger partial charge < -0.3 is 14.6 Å². The molecule has 0 saturated carbocycles. The number of benzene rings is 1. The van der Waals surface area contributed by atoms with Crippen LogP contribution in [-0.2, 0) is 0 Å². The van der Waals surface area contributed by atoms with Crippen LogP contribution in [0.1, 0.15) is 26.2 Å². The van der Waals surface area contributed by atoms with E-state index in [4.69, 9.17) is 9.47 Å². The fraction of sp³-hybridized carbons (Fsp3) is 0.455. The topological polar surface area (TPSA) is 38.7 Å². The van der Waals surface area contributed by atoms with Crippen LogP contribution >= 0.6 is 0 Å². The molecule has 0 saturated heterocycles. The van der Waals surface area contributed by atoms with E-state index in [2.05, 4.69) is 6.92 Å². The molecule has 1 aliphatic rings. The molecule has 0 radical (unpaired) electrons. The van der Waals surface area contributed by atoms with Crippen LogP contribution in [0.3, 0.4) is 0 Å². The molecule has 1 aromatic carbocycles. The molecule has 1 N–H and O–H groups in total. The Morgan fingerprint density at radius 1 is 1.29 bits per heavy atom. The molecule has 1 aromatic rings. The Hall–Kier alpha value is -1.38. The second-order valence-electron chi connectivity index (χ2n) is 3.44. The molecule has 0 amide bonds. The number of rotatable bonds is 3. The monoisotopic (exact) mass is 194 g/mol. The van der Waals surface area contributed by atoms with Gasteiger partial charge in [0.15, 0.2) is 11.5 Å². The first-order valence-electron chi connectivity index (χ1n) is 4.96. The van der Waals surface area contributed by atoms with E-state index in [9.17, 15) is 5.11 Å². The van der Waals surface area contributed by atoms with E-state index in [0.717, 1.165) is 25.0 Å². The summed E-state index contributed by atoms with van der Waals surface area (Å²) in [6.07, 6.45) is 2.94. The number of fused-ring (bicyclic) bond motifs is 1. The largest absolute Gasteiger partial charge is 0.508 e. The summed E-state index contributed by atoms with van der Waals surface area (Å²) < 4.78 is 11.0. The summed E-state index contributed by atoms with van der Waals surface area (Å²) in [5.74, 6) is 1.58. The molecule has 1 heterocycles. The maximum Gasteiger partial charge on any atom is 0.241 e. The fourth-order valence-corrected chi connectivity index (χ4v) is 1.48. The Kier molecular flexibility index (Phi) is 2.48. The van der Waals surface area contributed by atoms with Crippen LogP contribution in [0.25, 0.3) is 0 Å². The van der Waals surface area contributed by atoms with Crippen LogP contribution in [0, 0.1) is 0 Å². The van der Waals surface area contributed by atoms with Crippen molar-refractivity contribution in [2.24, 2.45) is 0 Å². The summed E-state index contributed by atoms with van der Waals surface area (Å²) in [6, 6.07) is 4.92. The fourth-order valence-electron chi connectivity index (χ4n) is 1.48. The summed E-state index contributed by atoms with van der Waals surface area (Å²) in [7, 11) is 0. The van der Waals surface area contributed by atoms with E-state index in [0.29, 0.717) is 5.75 Å². The van der Waals surface area contributed by atoms with Crippen molar-refractivity contribution < 1.29 is 14.6 Å². The molecular formula is C11H14O3. The van der Waals surface area contributed by atoms with Crippen LogP contribution in [0.2, 0.25) is 0 Å². The third-order valence-electron chi connectivity index (χ3n) is 2.24. The van der Waals surface area contributed by atoms with Crippen molar-refractivity contribution in [2.75, 3.05) is 0 Å². The van der Waals surface area contributed by atoms with Crippen molar-refractivity contribution in [3.8, 4) is 17.2 Å². The Morgan fingerprint density at radius 2 is 2.07 bits per heavy atom. The Bertz CT molecular complexity index is 322. The van der Waals surface area contributed by atoms with Crippen molar-refractivity contribution in [3.63, 3.8) is 0 Å². The zero-order chi connectivity index (χ0) is 9.97. The molecule has 1 unspecified atom stereocenters. The lowest BCUT2D eigenvalue weighted by molar-refractivity contribution is 0.0399. The normalized spacial score (nSPS) is 18.5. The zero-order valence-corrected chi connectivity index (χ0v) is 8.19. The van der Waals surface area contributed by atoms with Crippen molar-refractivity contribution in [1.82, 2.24) is 0 Å². The Labute approximate surface area is 83.3 Å². The SMILES string of the molecule is CCCCC1Oc2ccc(O)cc2O1. The quantitative estimate of drug-likeness (QED) is 0.804. The van der Waals surface area contributed by atoms with Crippen molar-refractivity contribution in [1.29, 1.82) is 0 Å². The van der Waals surface area contributed by atoms with Gasteiger partial charge in [-0.05, 0) is 18.6 Å². The predicted molar refractivity (Wildman–Crippen MR) is 52.7 cm³/mol. The average Bonchev–Trinajstić information content (AvgIpc) is 2.56. The molecule has 0 aromatic heterocycles. The van der Waals surface area contributed by atoms with E-state index in [1.807, 2.05) is 0 Å². The molecule has 76 valence electrons. The van der Waals surface area contributed by atoms with Gasteiger partial charge in [-0.3, -0.25) is 0 Å². The molecule has 1 aliphatic heterocycles. The van der Waals surface area contributed by atoms with Crippen molar-refractivity contribution >= 4 is 0 Å².